The summed E-state index contributed by atoms with van der Waals surface area (Å²) in [5.74, 6) is 0. The zero-order valence-electron chi connectivity index (χ0n) is 13.3. The van der Waals surface area contributed by atoms with Crippen molar-refractivity contribution < 1.29 is 14.3 Å². The van der Waals surface area contributed by atoms with E-state index in [4.69, 9.17) is 9.47 Å². The number of carbonyl (C=O) groups excluding carboxylic acids is 1. The lowest BCUT2D eigenvalue weighted by Crippen LogP contribution is -2.41. The van der Waals surface area contributed by atoms with Crippen LogP contribution >= 0.6 is 15.9 Å². The first-order valence-corrected chi connectivity index (χ1v) is 8.32. The number of pyridine rings is 1. The highest BCUT2D eigenvalue weighted by molar-refractivity contribution is 9.10. The molecule has 0 aliphatic carbocycles. The van der Waals surface area contributed by atoms with Gasteiger partial charge in [0, 0.05) is 12.7 Å². The predicted molar refractivity (Wildman–Crippen MR) is 87.6 cm³/mol. The first-order chi connectivity index (χ1) is 10.3. The van der Waals surface area contributed by atoms with E-state index < -0.39 is 5.60 Å². The molecule has 1 saturated heterocycles. The van der Waals surface area contributed by atoms with E-state index in [0.29, 0.717) is 13.2 Å². The molecule has 0 spiro atoms. The SMILES string of the molecule is CC(C)(C)OC(=O)N1CCC[C@H]1COCc1ccnc(Br)c1. The van der Waals surface area contributed by atoms with Crippen LogP contribution in [0.25, 0.3) is 0 Å². The second-order valence-corrected chi connectivity index (χ2v) is 7.28. The molecule has 1 aliphatic heterocycles. The normalized spacial score (nSPS) is 18.5. The Hall–Kier alpha value is -1.14. The minimum Gasteiger partial charge on any atom is -0.444 e. The zero-order valence-corrected chi connectivity index (χ0v) is 14.9. The largest absolute Gasteiger partial charge is 0.444 e. The molecule has 1 atom stereocenters. The molecule has 1 aromatic heterocycles. The van der Waals surface area contributed by atoms with Crippen LogP contribution in [-0.4, -0.2) is 40.8 Å². The fourth-order valence-electron chi connectivity index (χ4n) is 2.42. The maximum absolute atomic E-state index is 12.2. The number of amides is 1. The van der Waals surface area contributed by atoms with Crippen LogP contribution in [0.15, 0.2) is 22.9 Å². The summed E-state index contributed by atoms with van der Waals surface area (Å²) in [6.45, 7) is 7.43. The maximum Gasteiger partial charge on any atom is 0.410 e. The molecule has 22 heavy (non-hydrogen) atoms. The maximum atomic E-state index is 12.2. The summed E-state index contributed by atoms with van der Waals surface area (Å²) in [7, 11) is 0. The van der Waals surface area contributed by atoms with Crippen LogP contribution in [0.3, 0.4) is 0 Å². The molecule has 2 rings (SSSR count). The molecule has 1 aromatic rings. The molecule has 0 unspecified atom stereocenters. The van der Waals surface area contributed by atoms with E-state index in [0.717, 1.165) is 29.6 Å². The number of aromatic nitrogens is 1. The summed E-state index contributed by atoms with van der Waals surface area (Å²) in [5, 5.41) is 0. The molecule has 6 heteroatoms. The van der Waals surface area contributed by atoms with Crippen LogP contribution in [0.1, 0.15) is 39.2 Å². The van der Waals surface area contributed by atoms with Gasteiger partial charge in [-0.2, -0.15) is 0 Å². The van der Waals surface area contributed by atoms with E-state index in [1.165, 1.54) is 0 Å². The van der Waals surface area contributed by atoms with Crippen LogP contribution in [0.4, 0.5) is 4.79 Å². The minimum absolute atomic E-state index is 0.0973. The summed E-state index contributed by atoms with van der Waals surface area (Å²) >= 11 is 3.34. The van der Waals surface area contributed by atoms with Gasteiger partial charge in [-0.25, -0.2) is 9.78 Å². The van der Waals surface area contributed by atoms with Gasteiger partial charge in [0.25, 0.3) is 0 Å². The van der Waals surface area contributed by atoms with E-state index >= 15 is 0 Å². The monoisotopic (exact) mass is 370 g/mol. The van der Waals surface area contributed by atoms with E-state index in [-0.39, 0.29) is 12.1 Å². The van der Waals surface area contributed by atoms with Crippen molar-refractivity contribution in [3.63, 3.8) is 0 Å². The Labute approximate surface area is 140 Å². The lowest BCUT2D eigenvalue weighted by Gasteiger charge is -2.28. The Morgan fingerprint density at radius 1 is 1.50 bits per heavy atom. The average molecular weight is 371 g/mol. The number of nitrogens with zero attached hydrogens (tertiary/aromatic N) is 2. The lowest BCUT2D eigenvalue weighted by molar-refractivity contribution is 0.00882. The summed E-state index contributed by atoms with van der Waals surface area (Å²) in [6, 6.07) is 3.95. The van der Waals surface area contributed by atoms with Gasteiger partial charge in [0.2, 0.25) is 0 Å². The molecule has 2 heterocycles. The number of rotatable bonds is 4. The van der Waals surface area contributed by atoms with Crippen LogP contribution in [0.2, 0.25) is 0 Å². The minimum atomic E-state index is -0.464. The lowest BCUT2D eigenvalue weighted by atomic mass is 10.2. The number of ether oxygens (including phenoxy) is 2. The van der Waals surface area contributed by atoms with Crippen molar-refractivity contribution in [2.75, 3.05) is 13.2 Å². The third-order valence-electron chi connectivity index (χ3n) is 3.38. The highest BCUT2D eigenvalue weighted by atomic mass is 79.9. The summed E-state index contributed by atoms with van der Waals surface area (Å²) in [5.41, 5.74) is 0.595. The highest BCUT2D eigenvalue weighted by Gasteiger charge is 2.32. The van der Waals surface area contributed by atoms with Gasteiger partial charge in [0.1, 0.15) is 10.2 Å². The van der Waals surface area contributed by atoms with Gasteiger partial charge in [-0.05, 0) is 67.2 Å². The molecule has 0 aromatic carbocycles. The quantitative estimate of drug-likeness (QED) is 0.757. The molecular formula is C16H23BrN2O3. The van der Waals surface area contributed by atoms with Crippen LogP contribution in [-0.2, 0) is 16.1 Å². The van der Waals surface area contributed by atoms with E-state index in [1.54, 1.807) is 11.1 Å². The zero-order chi connectivity index (χ0) is 16.2. The second kappa shape index (κ2) is 7.42. The molecule has 1 aliphatic rings. The van der Waals surface area contributed by atoms with Crippen molar-refractivity contribution in [1.29, 1.82) is 0 Å². The smallest absolute Gasteiger partial charge is 0.410 e. The summed E-state index contributed by atoms with van der Waals surface area (Å²) in [6.07, 6.45) is 3.45. The predicted octanol–water partition coefficient (Wildman–Crippen LogP) is 3.76. The van der Waals surface area contributed by atoms with E-state index in [2.05, 4.69) is 20.9 Å². The fourth-order valence-corrected chi connectivity index (χ4v) is 2.83. The van der Waals surface area contributed by atoms with Crippen molar-refractivity contribution >= 4 is 22.0 Å². The van der Waals surface area contributed by atoms with Gasteiger partial charge in [0.15, 0.2) is 0 Å². The summed E-state index contributed by atoms with van der Waals surface area (Å²) in [4.78, 5) is 18.1. The number of halogens is 1. The van der Waals surface area contributed by atoms with Crippen molar-refractivity contribution in [2.45, 2.75) is 51.9 Å². The van der Waals surface area contributed by atoms with Gasteiger partial charge < -0.3 is 14.4 Å². The number of hydrogen-bond acceptors (Lipinski definition) is 4. The molecule has 1 fully saturated rings. The third-order valence-corrected chi connectivity index (χ3v) is 3.81. The molecule has 0 bridgehead atoms. The van der Waals surface area contributed by atoms with Crippen molar-refractivity contribution in [1.82, 2.24) is 9.88 Å². The third kappa shape index (κ3) is 5.25. The van der Waals surface area contributed by atoms with Gasteiger partial charge in [-0.1, -0.05) is 0 Å². The molecule has 1 amide bonds. The Kier molecular flexibility index (Phi) is 5.81. The Morgan fingerprint density at radius 2 is 2.27 bits per heavy atom. The van der Waals surface area contributed by atoms with Gasteiger partial charge in [-0.15, -0.1) is 0 Å². The second-order valence-electron chi connectivity index (χ2n) is 6.47. The van der Waals surface area contributed by atoms with Gasteiger partial charge in [-0.3, -0.25) is 0 Å². The first-order valence-electron chi connectivity index (χ1n) is 7.53. The van der Waals surface area contributed by atoms with Crippen LogP contribution < -0.4 is 0 Å². The van der Waals surface area contributed by atoms with Crippen LogP contribution in [0, 0.1) is 0 Å². The number of carbonyl (C=O) groups is 1. The van der Waals surface area contributed by atoms with Gasteiger partial charge >= 0.3 is 6.09 Å². The Morgan fingerprint density at radius 3 is 2.95 bits per heavy atom. The summed E-state index contributed by atoms with van der Waals surface area (Å²) < 4.78 is 12.0. The average Bonchev–Trinajstić information content (AvgIpc) is 2.85. The first kappa shape index (κ1) is 17.2. The fraction of sp³-hybridized carbons (Fsp3) is 0.625. The molecule has 5 nitrogen and oxygen atoms in total. The number of likely N-dealkylation sites (tertiary alicyclic amines) is 1. The Balaban J connectivity index is 1.82. The number of hydrogen-bond donors (Lipinski definition) is 0. The highest BCUT2D eigenvalue weighted by Crippen LogP contribution is 2.21. The molecule has 122 valence electrons. The van der Waals surface area contributed by atoms with E-state index in [1.807, 2.05) is 32.9 Å². The molecule has 0 N–H and O–H groups in total. The van der Waals surface area contributed by atoms with Crippen molar-refractivity contribution in [2.24, 2.45) is 0 Å². The standard InChI is InChI=1S/C16H23BrN2O3/c1-16(2,3)22-15(20)19-8-4-5-13(19)11-21-10-12-6-7-18-14(17)9-12/h6-7,9,13H,4-5,8,10-11H2,1-3H3/t13-/m0/s1. The van der Waals surface area contributed by atoms with E-state index in [9.17, 15) is 4.79 Å². The van der Waals surface area contributed by atoms with Crippen molar-refractivity contribution in [3.05, 3.63) is 28.5 Å². The molecule has 0 saturated carbocycles. The van der Waals surface area contributed by atoms with Crippen LogP contribution in [0.5, 0.6) is 0 Å². The van der Waals surface area contributed by atoms with Gasteiger partial charge in [0.05, 0.1) is 19.3 Å². The Bertz CT molecular complexity index is 516. The molecule has 0 radical (unpaired) electrons. The van der Waals surface area contributed by atoms with Crippen molar-refractivity contribution in [3.8, 4) is 0 Å². The molecular weight excluding hydrogens is 348 g/mol. The topological polar surface area (TPSA) is 51.7 Å².